The molecule has 1 heterocycles. The third kappa shape index (κ3) is 1.71. The van der Waals surface area contributed by atoms with Crippen molar-refractivity contribution in [2.45, 2.75) is 6.42 Å². The normalized spacial score (nSPS) is 15.1. The molecule has 0 radical (unpaired) electrons. The lowest BCUT2D eigenvalue weighted by molar-refractivity contribution is -0.118. The van der Waals surface area contributed by atoms with Crippen molar-refractivity contribution in [3.8, 4) is 0 Å². The van der Waals surface area contributed by atoms with Gasteiger partial charge in [0, 0.05) is 20.0 Å². The monoisotopic (exact) mass is 220 g/mol. The summed E-state index contributed by atoms with van der Waals surface area (Å²) in [5.74, 6) is -1.01. The molecule has 0 saturated carbocycles. The van der Waals surface area contributed by atoms with Gasteiger partial charge in [-0.3, -0.25) is 4.79 Å². The van der Waals surface area contributed by atoms with Gasteiger partial charge in [0.05, 0.1) is 16.9 Å². The van der Waals surface area contributed by atoms with Crippen LogP contribution in [0.25, 0.3) is 0 Å². The zero-order valence-corrected chi connectivity index (χ0v) is 8.86. The molecule has 1 aromatic rings. The number of carbonyl (C=O) groups is 2. The summed E-state index contributed by atoms with van der Waals surface area (Å²) in [6.45, 7) is 0.572. The predicted octanol–water partition coefficient (Wildman–Crippen LogP) is 1.16. The van der Waals surface area contributed by atoms with E-state index in [0.717, 1.165) is 5.69 Å². The van der Waals surface area contributed by atoms with Crippen LogP contribution in [-0.4, -0.2) is 30.6 Å². The maximum atomic E-state index is 11.6. The molecule has 5 nitrogen and oxygen atoms in total. The minimum Gasteiger partial charge on any atom is -0.478 e. The van der Waals surface area contributed by atoms with E-state index in [1.807, 2.05) is 0 Å². The first-order chi connectivity index (χ1) is 7.59. The maximum absolute atomic E-state index is 11.6. The summed E-state index contributed by atoms with van der Waals surface area (Å²) < 4.78 is 0. The topological polar surface area (TPSA) is 69.6 Å². The second kappa shape index (κ2) is 3.84. The highest BCUT2D eigenvalue weighted by Gasteiger charge is 2.19. The quantitative estimate of drug-likeness (QED) is 0.745. The Kier molecular flexibility index (Phi) is 2.52. The zero-order chi connectivity index (χ0) is 11.7. The average Bonchev–Trinajstić information content (AvgIpc) is 2.40. The number of nitrogens with one attached hydrogen (secondary N) is 1. The van der Waals surface area contributed by atoms with E-state index in [9.17, 15) is 9.59 Å². The van der Waals surface area contributed by atoms with Gasteiger partial charge in [-0.1, -0.05) is 0 Å². The highest BCUT2D eigenvalue weighted by atomic mass is 16.4. The fourth-order valence-corrected chi connectivity index (χ4v) is 1.70. The molecule has 1 amide bonds. The van der Waals surface area contributed by atoms with Gasteiger partial charge in [-0.2, -0.15) is 0 Å². The van der Waals surface area contributed by atoms with E-state index < -0.39 is 5.97 Å². The Morgan fingerprint density at radius 3 is 2.94 bits per heavy atom. The van der Waals surface area contributed by atoms with E-state index in [4.69, 9.17) is 5.11 Å². The SMILES string of the molecule is CN1C(=O)CCNc2ccc(C(=O)O)cc21. The van der Waals surface area contributed by atoms with Gasteiger partial charge < -0.3 is 15.3 Å². The molecule has 0 unspecified atom stereocenters. The second-order valence-corrected chi connectivity index (χ2v) is 3.67. The van der Waals surface area contributed by atoms with E-state index in [2.05, 4.69) is 5.32 Å². The number of anilines is 2. The Bertz CT molecular complexity index is 457. The van der Waals surface area contributed by atoms with Crippen LogP contribution in [0.3, 0.4) is 0 Å². The summed E-state index contributed by atoms with van der Waals surface area (Å²) in [7, 11) is 1.65. The molecule has 0 bridgehead atoms. The summed E-state index contributed by atoms with van der Waals surface area (Å²) in [4.78, 5) is 23.9. The Morgan fingerprint density at radius 2 is 2.25 bits per heavy atom. The molecule has 0 aliphatic carbocycles. The van der Waals surface area contributed by atoms with Crippen molar-refractivity contribution in [1.29, 1.82) is 0 Å². The van der Waals surface area contributed by atoms with Crippen molar-refractivity contribution in [2.75, 3.05) is 23.8 Å². The zero-order valence-electron chi connectivity index (χ0n) is 8.86. The minimum absolute atomic E-state index is 0.0196. The third-order valence-electron chi connectivity index (χ3n) is 2.63. The first-order valence-corrected chi connectivity index (χ1v) is 4.97. The average molecular weight is 220 g/mol. The van der Waals surface area contributed by atoms with Crippen molar-refractivity contribution in [3.63, 3.8) is 0 Å². The van der Waals surface area contributed by atoms with Crippen molar-refractivity contribution < 1.29 is 14.7 Å². The number of aromatic carboxylic acids is 1. The van der Waals surface area contributed by atoms with Gasteiger partial charge in [0.1, 0.15) is 0 Å². The van der Waals surface area contributed by atoms with Crippen LogP contribution in [0.4, 0.5) is 11.4 Å². The van der Waals surface area contributed by atoms with Gasteiger partial charge in [-0.05, 0) is 18.2 Å². The number of carboxylic acids is 1. The molecule has 0 atom stereocenters. The summed E-state index contributed by atoms with van der Waals surface area (Å²) in [6.07, 6.45) is 0.410. The van der Waals surface area contributed by atoms with Crippen molar-refractivity contribution in [3.05, 3.63) is 23.8 Å². The Balaban J connectivity index is 2.50. The number of fused-ring (bicyclic) bond motifs is 1. The molecular weight excluding hydrogens is 208 g/mol. The van der Waals surface area contributed by atoms with Gasteiger partial charge in [0.15, 0.2) is 0 Å². The summed E-state index contributed by atoms with van der Waals surface area (Å²) in [5, 5.41) is 12.0. The number of benzene rings is 1. The largest absolute Gasteiger partial charge is 0.478 e. The van der Waals surface area contributed by atoms with Crippen LogP contribution in [-0.2, 0) is 4.79 Å². The van der Waals surface area contributed by atoms with E-state index in [1.54, 1.807) is 13.1 Å². The predicted molar refractivity (Wildman–Crippen MR) is 59.9 cm³/mol. The molecule has 5 heteroatoms. The van der Waals surface area contributed by atoms with Crippen molar-refractivity contribution in [1.82, 2.24) is 0 Å². The molecule has 0 aromatic heterocycles. The maximum Gasteiger partial charge on any atom is 0.335 e. The van der Waals surface area contributed by atoms with Crippen LogP contribution in [0.2, 0.25) is 0 Å². The highest BCUT2D eigenvalue weighted by Crippen LogP contribution is 2.28. The molecule has 84 valence electrons. The fraction of sp³-hybridized carbons (Fsp3) is 0.273. The lowest BCUT2D eigenvalue weighted by Gasteiger charge is -2.17. The van der Waals surface area contributed by atoms with Gasteiger partial charge in [0.25, 0.3) is 0 Å². The molecule has 2 N–H and O–H groups in total. The minimum atomic E-state index is -0.993. The van der Waals surface area contributed by atoms with E-state index in [1.165, 1.54) is 17.0 Å². The number of hydrogen-bond acceptors (Lipinski definition) is 3. The van der Waals surface area contributed by atoms with Crippen molar-refractivity contribution in [2.24, 2.45) is 0 Å². The second-order valence-electron chi connectivity index (χ2n) is 3.67. The number of carboxylic acid groups (broad SMARTS) is 1. The highest BCUT2D eigenvalue weighted by molar-refractivity contribution is 6.00. The number of rotatable bonds is 1. The molecule has 0 fully saturated rings. The van der Waals surface area contributed by atoms with E-state index in [-0.39, 0.29) is 11.5 Å². The molecule has 0 saturated heterocycles. The van der Waals surface area contributed by atoms with Crippen LogP contribution in [0.15, 0.2) is 18.2 Å². The molecule has 16 heavy (non-hydrogen) atoms. The molecule has 1 aromatic carbocycles. The lowest BCUT2D eigenvalue weighted by atomic mass is 10.1. The summed E-state index contributed by atoms with van der Waals surface area (Å²) in [6, 6.07) is 4.72. The Labute approximate surface area is 92.7 Å². The van der Waals surface area contributed by atoms with Gasteiger partial charge >= 0.3 is 5.97 Å². The molecule has 2 rings (SSSR count). The molecular formula is C11H12N2O3. The Hall–Kier alpha value is -2.04. The molecule has 1 aliphatic heterocycles. The lowest BCUT2D eigenvalue weighted by Crippen LogP contribution is -2.25. The van der Waals surface area contributed by atoms with E-state index >= 15 is 0 Å². The molecule has 1 aliphatic rings. The summed E-state index contributed by atoms with van der Waals surface area (Å²) >= 11 is 0. The number of carbonyl (C=O) groups excluding carboxylic acids is 1. The summed E-state index contributed by atoms with van der Waals surface area (Å²) in [5.41, 5.74) is 1.59. The number of amides is 1. The van der Waals surface area contributed by atoms with Crippen LogP contribution >= 0.6 is 0 Å². The first-order valence-electron chi connectivity index (χ1n) is 4.97. The van der Waals surface area contributed by atoms with E-state index in [0.29, 0.717) is 18.7 Å². The van der Waals surface area contributed by atoms with Crippen LogP contribution in [0.1, 0.15) is 16.8 Å². The third-order valence-corrected chi connectivity index (χ3v) is 2.63. The van der Waals surface area contributed by atoms with Gasteiger partial charge in [0.2, 0.25) is 5.91 Å². The first kappa shape index (κ1) is 10.5. The smallest absolute Gasteiger partial charge is 0.335 e. The van der Waals surface area contributed by atoms with Crippen molar-refractivity contribution >= 4 is 23.3 Å². The number of hydrogen-bond donors (Lipinski definition) is 2. The standard InChI is InChI=1S/C11H12N2O3/c1-13-9-6-7(11(15)16)2-3-8(9)12-5-4-10(13)14/h2-3,6,12H,4-5H2,1H3,(H,15,16). The van der Waals surface area contributed by atoms with Gasteiger partial charge in [-0.25, -0.2) is 4.79 Å². The fourth-order valence-electron chi connectivity index (χ4n) is 1.70. The number of nitrogens with zero attached hydrogens (tertiary/aromatic N) is 1. The van der Waals surface area contributed by atoms with Crippen LogP contribution < -0.4 is 10.2 Å². The Morgan fingerprint density at radius 1 is 1.50 bits per heavy atom. The van der Waals surface area contributed by atoms with Crippen LogP contribution in [0.5, 0.6) is 0 Å². The van der Waals surface area contributed by atoms with Crippen LogP contribution in [0, 0.1) is 0 Å². The molecule has 0 spiro atoms. The van der Waals surface area contributed by atoms with Gasteiger partial charge in [-0.15, -0.1) is 0 Å².